The van der Waals surface area contributed by atoms with Crippen molar-refractivity contribution in [2.24, 2.45) is 17.6 Å². The fraction of sp³-hybridized carbons (Fsp3) is 0.929. The predicted octanol–water partition coefficient (Wildman–Crippen LogP) is 1.37. The largest absolute Gasteiger partial charge is 0.396 e. The summed E-state index contributed by atoms with van der Waals surface area (Å²) in [7, 11) is 1.89. The maximum absolute atomic E-state index is 12.2. The van der Waals surface area contributed by atoms with Gasteiger partial charge < -0.3 is 15.7 Å². The van der Waals surface area contributed by atoms with Crippen LogP contribution in [0.1, 0.15) is 45.4 Å². The van der Waals surface area contributed by atoms with E-state index in [9.17, 15) is 4.79 Å². The van der Waals surface area contributed by atoms with E-state index in [2.05, 4.69) is 6.92 Å². The van der Waals surface area contributed by atoms with Crippen LogP contribution in [0.5, 0.6) is 0 Å². The molecule has 0 bridgehead atoms. The Hall–Kier alpha value is -0.610. The molecule has 1 aliphatic rings. The molecule has 3 N–H and O–H groups in total. The van der Waals surface area contributed by atoms with Crippen LogP contribution in [0, 0.1) is 11.8 Å². The highest BCUT2D eigenvalue weighted by Crippen LogP contribution is 2.29. The molecule has 106 valence electrons. The summed E-state index contributed by atoms with van der Waals surface area (Å²) in [5.41, 5.74) is 5.98. The van der Waals surface area contributed by atoms with Crippen molar-refractivity contribution in [3.63, 3.8) is 0 Å². The SMILES string of the molecule is CC1CC(C(=O)N(C)CCCCCO)CCC1N. The van der Waals surface area contributed by atoms with Crippen molar-refractivity contribution in [3.05, 3.63) is 0 Å². The molecule has 0 aliphatic heterocycles. The van der Waals surface area contributed by atoms with E-state index in [1.165, 1.54) is 0 Å². The van der Waals surface area contributed by atoms with E-state index in [4.69, 9.17) is 10.8 Å². The lowest BCUT2D eigenvalue weighted by atomic mass is 9.79. The quantitative estimate of drug-likeness (QED) is 0.705. The highest BCUT2D eigenvalue weighted by molar-refractivity contribution is 5.78. The van der Waals surface area contributed by atoms with Gasteiger partial charge in [0.2, 0.25) is 5.91 Å². The molecular weight excluding hydrogens is 228 g/mol. The third kappa shape index (κ3) is 4.58. The van der Waals surface area contributed by atoms with Crippen LogP contribution in [0.3, 0.4) is 0 Å². The average molecular weight is 256 g/mol. The van der Waals surface area contributed by atoms with Crippen molar-refractivity contribution in [3.8, 4) is 0 Å². The summed E-state index contributed by atoms with van der Waals surface area (Å²) >= 11 is 0. The number of unbranched alkanes of at least 4 members (excludes halogenated alkanes) is 2. The van der Waals surface area contributed by atoms with Crippen molar-refractivity contribution in [2.45, 2.75) is 51.5 Å². The minimum atomic E-state index is 0.169. The van der Waals surface area contributed by atoms with Crippen molar-refractivity contribution in [1.82, 2.24) is 4.90 Å². The van der Waals surface area contributed by atoms with E-state index in [1.54, 1.807) is 0 Å². The van der Waals surface area contributed by atoms with Crippen LogP contribution >= 0.6 is 0 Å². The minimum absolute atomic E-state index is 0.169. The van der Waals surface area contributed by atoms with Crippen molar-refractivity contribution >= 4 is 5.91 Å². The highest BCUT2D eigenvalue weighted by atomic mass is 16.2. The second kappa shape index (κ2) is 7.74. The first-order valence-corrected chi connectivity index (χ1v) is 7.17. The molecule has 1 aliphatic carbocycles. The van der Waals surface area contributed by atoms with Crippen LogP contribution in [-0.2, 0) is 4.79 Å². The second-order valence-corrected chi connectivity index (χ2v) is 5.70. The molecular formula is C14H28N2O2. The Labute approximate surface area is 111 Å². The van der Waals surface area contributed by atoms with Gasteiger partial charge in [-0.2, -0.15) is 0 Å². The van der Waals surface area contributed by atoms with E-state index in [1.807, 2.05) is 11.9 Å². The zero-order valence-corrected chi connectivity index (χ0v) is 11.8. The molecule has 18 heavy (non-hydrogen) atoms. The zero-order chi connectivity index (χ0) is 13.5. The van der Waals surface area contributed by atoms with Gasteiger partial charge in [0.05, 0.1) is 0 Å². The summed E-state index contributed by atoms with van der Waals surface area (Å²) in [6.45, 7) is 3.19. The lowest BCUT2D eigenvalue weighted by Crippen LogP contribution is -2.41. The first-order valence-electron chi connectivity index (χ1n) is 7.17. The number of carbonyl (C=O) groups excluding carboxylic acids is 1. The standard InChI is InChI=1S/C14H28N2O2/c1-11-10-12(6-7-13(11)15)14(18)16(2)8-4-3-5-9-17/h11-13,17H,3-10,15H2,1-2H3. The Morgan fingerprint density at radius 3 is 2.67 bits per heavy atom. The lowest BCUT2D eigenvalue weighted by molar-refractivity contribution is -0.135. The summed E-state index contributed by atoms with van der Waals surface area (Å²) in [5, 5.41) is 8.71. The lowest BCUT2D eigenvalue weighted by Gasteiger charge is -2.33. The zero-order valence-electron chi connectivity index (χ0n) is 11.8. The number of rotatable bonds is 6. The van der Waals surface area contributed by atoms with Gasteiger partial charge in [-0.3, -0.25) is 4.79 Å². The number of hydrogen-bond donors (Lipinski definition) is 2. The Kier molecular flexibility index (Phi) is 6.65. The third-order valence-electron chi connectivity index (χ3n) is 4.11. The molecule has 1 rings (SSSR count). The maximum Gasteiger partial charge on any atom is 0.225 e. The fourth-order valence-electron chi connectivity index (χ4n) is 2.70. The van der Waals surface area contributed by atoms with Gasteiger partial charge in [-0.15, -0.1) is 0 Å². The van der Waals surface area contributed by atoms with Gasteiger partial charge in [0, 0.05) is 32.2 Å². The van der Waals surface area contributed by atoms with Gasteiger partial charge in [0.1, 0.15) is 0 Å². The number of aliphatic hydroxyl groups excluding tert-OH is 1. The molecule has 1 saturated carbocycles. The van der Waals surface area contributed by atoms with E-state index in [-0.39, 0.29) is 24.5 Å². The van der Waals surface area contributed by atoms with Gasteiger partial charge in [-0.05, 0) is 44.4 Å². The number of hydrogen-bond acceptors (Lipinski definition) is 3. The van der Waals surface area contributed by atoms with Crippen LogP contribution < -0.4 is 5.73 Å². The summed E-state index contributed by atoms with van der Waals surface area (Å²) in [4.78, 5) is 14.1. The Bertz CT molecular complexity index is 258. The van der Waals surface area contributed by atoms with Crippen molar-refractivity contribution in [2.75, 3.05) is 20.2 Å². The molecule has 3 unspecified atom stereocenters. The van der Waals surface area contributed by atoms with Gasteiger partial charge in [0.25, 0.3) is 0 Å². The molecule has 0 radical (unpaired) electrons. The number of amides is 1. The molecule has 4 heteroatoms. The molecule has 0 aromatic carbocycles. The van der Waals surface area contributed by atoms with E-state index < -0.39 is 0 Å². The van der Waals surface area contributed by atoms with Crippen molar-refractivity contribution in [1.29, 1.82) is 0 Å². The molecule has 0 spiro atoms. The van der Waals surface area contributed by atoms with Gasteiger partial charge in [-0.25, -0.2) is 0 Å². The molecule has 0 heterocycles. The Balaban J connectivity index is 2.30. The number of nitrogens with zero attached hydrogens (tertiary/aromatic N) is 1. The first kappa shape index (κ1) is 15.4. The van der Waals surface area contributed by atoms with Crippen LogP contribution in [0.2, 0.25) is 0 Å². The van der Waals surface area contributed by atoms with Gasteiger partial charge in [-0.1, -0.05) is 6.92 Å². The normalized spacial score (nSPS) is 28.1. The predicted molar refractivity (Wildman–Crippen MR) is 73.1 cm³/mol. The monoisotopic (exact) mass is 256 g/mol. The smallest absolute Gasteiger partial charge is 0.225 e. The van der Waals surface area contributed by atoms with Crippen LogP contribution in [0.25, 0.3) is 0 Å². The number of aliphatic hydroxyl groups is 1. The number of nitrogens with two attached hydrogens (primary N) is 1. The van der Waals surface area contributed by atoms with Crippen molar-refractivity contribution < 1.29 is 9.90 Å². The fourth-order valence-corrected chi connectivity index (χ4v) is 2.70. The van der Waals surface area contributed by atoms with Crippen LogP contribution in [0.15, 0.2) is 0 Å². The topological polar surface area (TPSA) is 66.6 Å². The minimum Gasteiger partial charge on any atom is -0.396 e. The summed E-state index contributed by atoms with van der Waals surface area (Å²) in [5.74, 6) is 0.899. The maximum atomic E-state index is 12.2. The molecule has 4 nitrogen and oxygen atoms in total. The van der Waals surface area contributed by atoms with Crippen LogP contribution in [0.4, 0.5) is 0 Å². The van der Waals surface area contributed by atoms with Gasteiger partial charge >= 0.3 is 0 Å². The summed E-state index contributed by atoms with van der Waals surface area (Å²) in [6, 6.07) is 0.268. The number of carbonyl (C=O) groups is 1. The summed E-state index contributed by atoms with van der Waals surface area (Å²) in [6.07, 6.45) is 5.63. The third-order valence-corrected chi connectivity index (χ3v) is 4.11. The molecule has 3 atom stereocenters. The van der Waals surface area contributed by atoms with Gasteiger partial charge in [0.15, 0.2) is 0 Å². The molecule has 0 aromatic rings. The molecule has 0 aromatic heterocycles. The summed E-state index contributed by atoms with van der Waals surface area (Å²) < 4.78 is 0. The Morgan fingerprint density at radius 1 is 1.33 bits per heavy atom. The van der Waals surface area contributed by atoms with E-state index >= 15 is 0 Å². The first-order chi connectivity index (χ1) is 8.56. The van der Waals surface area contributed by atoms with Crippen LogP contribution in [-0.4, -0.2) is 42.2 Å². The average Bonchev–Trinajstić information content (AvgIpc) is 2.37. The Morgan fingerprint density at radius 2 is 2.06 bits per heavy atom. The second-order valence-electron chi connectivity index (χ2n) is 5.70. The van der Waals surface area contributed by atoms with E-state index in [0.717, 1.165) is 45.1 Å². The molecule has 0 saturated heterocycles. The molecule has 1 fully saturated rings. The highest BCUT2D eigenvalue weighted by Gasteiger charge is 2.30. The molecule has 1 amide bonds. The van der Waals surface area contributed by atoms with E-state index in [0.29, 0.717) is 5.92 Å².